The number of ether oxygens (including phenoxy) is 1. The van der Waals surface area contributed by atoms with Gasteiger partial charge in [-0.15, -0.1) is 4.52 Å². The highest BCUT2D eigenvalue weighted by atomic mass is 31.1. The number of carbonyl (C=O) groups excluding carboxylic acids is 1. The van der Waals surface area contributed by atoms with Crippen molar-refractivity contribution in [2.45, 2.75) is 19.0 Å². The Hall–Kier alpha value is -0.485. The van der Waals surface area contributed by atoms with Crippen LogP contribution in [0, 0.1) is 0 Å². The van der Waals surface area contributed by atoms with Gasteiger partial charge in [-0.25, -0.2) is 0 Å². The van der Waals surface area contributed by atoms with Gasteiger partial charge in [0, 0.05) is 40.1 Å². The molecule has 8 heteroatoms. The molecule has 6 nitrogen and oxygen atoms in total. The number of morpholine rings is 1. The van der Waals surface area contributed by atoms with Crippen molar-refractivity contribution in [2.24, 2.45) is 0 Å². The molecule has 3 atom stereocenters. The fourth-order valence-corrected chi connectivity index (χ4v) is 2.01. The molecule has 1 aliphatic rings. The summed E-state index contributed by atoms with van der Waals surface area (Å²) in [5.41, 5.74) is 0. The van der Waals surface area contributed by atoms with Crippen LogP contribution in [-0.2, 0) is 18.6 Å². The summed E-state index contributed by atoms with van der Waals surface area (Å²) in [5, 5.41) is 0. The van der Waals surface area contributed by atoms with Crippen LogP contribution in [0.15, 0.2) is 0 Å². The molecule has 2 unspecified atom stereocenters. The Bertz CT molecular complexity index is 303. The van der Waals surface area contributed by atoms with Crippen molar-refractivity contribution >= 4 is 21.9 Å². The molecule has 0 spiro atoms. The lowest BCUT2D eigenvalue weighted by atomic mass is 9.97. The van der Waals surface area contributed by atoms with E-state index < -0.39 is 14.2 Å². The molecular weight excluding hydrogens is 242 g/mol. The van der Waals surface area contributed by atoms with E-state index in [0.717, 1.165) is 0 Å². The highest BCUT2D eigenvalue weighted by Gasteiger charge is 2.30. The van der Waals surface area contributed by atoms with E-state index in [9.17, 15) is 9.36 Å². The van der Waals surface area contributed by atoms with Crippen molar-refractivity contribution in [1.82, 2.24) is 9.57 Å². The van der Waals surface area contributed by atoms with Crippen LogP contribution < -0.4 is 0 Å². The molecule has 2 radical (unpaired) electrons. The van der Waals surface area contributed by atoms with Crippen LogP contribution in [0.3, 0.4) is 0 Å². The molecule has 1 aliphatic heterocycles. The van der Waals surface area contributed by atoms with Crippen LogP contribution >= 0.6 is 8.18 Å². The van der Waals surface area contributed by atoms with Crippen molar-refractivity contribution < 1.29 is 18.6 Å². The number of rotatable bonds is 4. The second-order valence-corrected chi connectivity index (χ2v) is 5.64. The highest BCUT2D eigenvalue weighted by Crippen LogP contribution is 2.25. The van der Waals surface area contributed by atoms with Gasteiger partial charge < -0.3 is 9.64 Å². The second kappa shape index (κ2) is 6.45. The van der Waals surface area contributed by atoms with Crippen molar-refractivity contribution in [2.75, 3.05) is 33.8 Å². The molecule has 0 aromatic rings. The summed E-state index contributed by atoms with van der Waals surface area (Å²) in [6, 6.07) is -0.515. The van der Waals surface area contributed by atoms with Gasteiger partial charge in [0.05, 0.1) is 0 Å². The Morgan fingerprint density at radius 2 is 2.24 bits per heavy atom. The molecule has 1 rings (SSSR count). The fraction of sp³-hybridized carbons (Fsp3) is 0.889. The third-order valence-corrected chi connectivity index (χ3v) is 3.36. The first kappa shape index (κ1) is 14.6. The summed E-state index contributed by atoms with van der Waals surface area (Å²) in [4.78, 5) is 12.8. The first-order chi connectivity index (χ1) is 7.90. The van der Waals surface area contributed by atoms with E-state index >= 15 is 0 Å². The van der Waals surface area contributed by atoms with Crippen molar-refractivity contribution in [3.05, 3.63) is 0 Å². The minimum Gasteiger partial charge on any atom is -0.379 e. The number of nitrogens with zero attached hydrogens (tertiary/aromatic N) is 2. The monoisotopic (exact) mass is 259 g/mol. The smallest absolute Gasteiger partial charge is 0.379 e. The predicted octanol–water partition coefficient (Wildman–Crippen LogP) is -0.0361. The zero-order chi connectivity index (χ0) is 13.0. The van der Waals surface area contributed by atoms with Gasteiger partial charge in [0.25, 0.3) is 0 Å². The molecule has 0 N–H and O–H groups in total. The lowest BCUT2D eigenvalue weighted by molar-refractivity contribution is -0.139. The lowest BCUT2D eigenvalue weighted by Crippen LogP contribution is -2.50. The fourth-order valence-electron chi connectivity index (χ4n) is 1.48. The van der Waals surface area contributed by atoms with Gasteiger partial charge in [-0.1, -0.05) is 4.67 Å². The first-order valence-electron chi connectivity index (χ1n) is 5.34. The van der Waals surface area contributed by atoms with Gasteiger partial charge in [-0.05, 0) is 4.57 Å². The minimum absolute atomic E-state index is 0.0502. The van der Waals surface area contributed by atoms with Crippen LogP contribution in [0.25, 0.3) is 0 Å². The van der Waals surface area contributed by atoms with E-state index in [1.165, 1.54) is 11.6 Å². The number of hydrogen-bond acceptors (Lipinski definition) is 4. The van der Waals surface area contributed by atoms with E-state index in [0.29, 0.717) is 13.1 Å². The Labute approximate surface area is 104 Å². The molecule has 17 heavy (non-hydrogen) atoms. The van der Waals surface area contributed by atoms with Crippen LogP contribution in [0.5, 0.6) is 0 Å². The van der Waals surface area contributed by atoms with E-state index in [-0.39, 0.29) is 18.6 Å². The largest absolute Gasteiger partial charge is 0.615 e. The molecule has 0 aliphatic carbocycles. The SMILES string of the molecule is [B][C@H]1CN(C(C)=O)CC(CO[P+](=O)N(C)C)O1. The molecule has 0 bridgehead atoms. The van der Waals surface area contributed by atoms with Gasteiger partial charge >= 0.3 is 8.18 Å². The van der Waals surface area contributed by atoms with Gasteiger partial charge in [0.15, 0.2) is 0 Å². The van der Waals surface area contributed by atoms with Crippen LogP contribution in [0.1, 0.15) is 6.92 Å². The molecular formula is C9H17BN2O4P+. The predicted molar refractivity (Wildman–Crippen MR) is 63.9 cm³/mol. The topological polar surface area (TPSA) is 59.1 Å². The van der Waals surface area contributed by atoms with Gasteiger partial charge in [0.2, 0.25) is 5.91 Å². The van der Waals surface area contributed by atoms with Gasteiger partial charge in [0.1, 0.15) is 20.6 Å². The van der Waals surface area contributed by atoms with Gasteiger partial charge in [-0.3, -0.25) is 4.79 Å². The van der Waals surface area contributed by atoms with E-state index in [1.807, 2.05) is 0 Å². The molecule has 0 saturated carbocycles. The normalized spacial score (nSPS) is 26.1. The summed E-state index contributed by atoms with van der Waals surface area (Å²) in [6.07, 6.45) is -0.332. The summed E-state index contributed by atoms with van der Waals surface area (Å²) < 4.78 is 23.4. The summed E-state index contributed by atoms with van der Waals surface area (Å²) >= 11 is 0. The summed E-state index contributed by atoms with van der Waals surface area (Å²) in [6.45, 7) is 2.44. The molecule has 1 amide bonds. The van der Waals surface area contributed by atoms with Crippen LogP contribution in [-0.4, -0.2) is 69.2 Å². The highest BCUT2D eigenvalue weighted by molar-refractivity contribution is 7.36. The second-order valence-electron chi connectivity index (χ2n) is 4.10. The Morgan fingerprint density at radius 3 is 2.76 bits per heavy atom. The summed E-state index contributed by atoms with van der Waals surface area (Å²) in [7, 11) is 7.14. The molecule has 1 fully saturated rings. The molecule has 1 saturated heterocycles. The van der Waals surface area contributed by atoms with E-state index in [4.69, 9.17) is 17.1 Å². The van der Waals surface area contributed by atoms with E-state index in [1.54, 1.807) is 19.0 Å². The van der Waals surface area contributed by atoms with Crippen molar-refractivity contribution in [3.63, 3.8) is 0 Å². The average molecular weight is 259 g/mol. The maximum Gasteiger partial charge on any atom is 0.615 e. The Balaban J connectivity index is 2.43. The molecule has 0 aromatic carbocycles. The first-order valence-corrected chi connectivity index (χ1v) is 6.47. The zero-order valence-electron chi connectivity index (χ0n) is 10.3. The van der Waals surface area contributed by atoms with Crippen molar-refractivity contribution in [1.29, 1.82) is 0 Å². The number of hydrogen-bond donors (Lipinski definition) is 0. The molecule has 1 heterocycles. The van der Waals surface area contributed by atoms with Crippen LogP contribution in [0.2, 0.25) is 0 Å². The lowest BCUT2D eigenvalue weighted by Gasteiger charge is -2.35. The van der Waals surface area contributed by atoms with Crippen LogP contribution in [0.4, 0.5) is 0 Å². The minimum atomic E-state index is -1.85. The quantitative estimate of drug-likeness (QED) is 0.524. The molecule has 94 valence electrons. The maximum atomic E-state index is 11.4. The van der Waals surface area contributed by atoms with Gasteiger partial charge in [-0.2, -0.15) is 0 Å². The summed E-state index contributed by atoms with van der Waals surface area (Å²) in [5.74, 6) is -0.0502. The Morgan fingerprint density at radius 1 is 1.59 bits per heavy atom. The van der Waals surface area contributed by atoms with Crippen molar-refractivity contribution in [3.8, 4) is 0 Å². The standard InChI is InChI=1S/C9H17BN2O4P/c1-7(13)12-4-8(16-9(10)5-12)6-15-17(14)11(2)3/h8-9H,4-6H2,1-3H3/q+1/t8?,9-/m1/s1. The number of amides is 1. The third-order valence-electron chi connectivity index (χ3n) is 2.33. The average Bonchev–Trinajstić information content (AvgIpc) is 2.24. The zero-order valence-corrected chi connectivity index (χ0v) is 11.2. The van der Waals surface area contributed by atoms with E-state index in [2.05, 4.69) is 0 Å². The third kappa shape index (κ3) is 4.72. The Kier molecular flexibility index (Phi) is 5.53. The maximum absolute atomic E-state index is 11.4. The number of carbonyl (C=O) groups is 1. The molecule has 0 aromatic heterocycles.